The Kier molecular flexibility index (Phi) is 5.76. The summed E-state index contributed by atoms with van der Waals surface area (Å²) < 4.78 is 0. The van der Waals surface area contributed by atoms with E-state index in [4.69, 9.17) is 11.6 Å². The second-order valence-electron chi connectivity index (χ2n) is 5.50. The van der Waals surface area contributed by atoms with Gasteiger partial charge in [0.05, 0.1) is 6.04 Å². The molecule has 126 valence electrons. The van der Waals surface area contributed by atoms with Crippen molar-refractivity contribution in [2.24, 2.45) is 0 Å². The number of aromatic nitrogens is 1. The van der Waals surface area contributed by atoms with Crippen molar-refractivity contribution in [2.45, 2.75) is 13.0 Å². The summed E-state index contributed by atoms with van der Waals surface area (Å²) in [5.41, 5.74) is 1.66. The number of urea groups is 1. The molecule has 2 aromatic rings. The predicted octanol–water partition coefficient (Wildman–Crippen LogP) is 3.32. The molecule has 1 aromatic carbocycles. The molecule has 1 atom stereocenters. The maximum atomic E-state index is 12.1. The molecule has 0 spiro atoms. The fraction of sp³-hybridized carbons (Fsp3) is 0.235. The zero-order valence-corrected chi connectivity index (χ0v) is 14.5. The van der Waals surface area contributed by atoms with Crippen LogP contribution in [0.25, 0.3) is 0 Å². The molecular formula is C17H19ClN4O2. The van der Waals surface area contributed by atoms with Crippen LogP contribution in [0.4, 0.5) is 10.5 Å². The van der Waals surface area contributed by atoms with Crippen molar-refractivity contribution >= 4 is 29.2 Å². The molecule has 0 aliphatic carbocycles. The molecule has 0 radical (unpaired) electrons. The first-order valence-electron chi connectivity index (χ1n) is 7.37. The summed E-state index contributed by atoms with van der Waals surface area (Å²) in [6, 6.07) is 9.85. The molecule has 0 aliphatic heterocycles. The second kappa shape index (κ2) is 7.79. The van der Waals surface area contributed by atoms with Crippen molar-refractivity contribution in [1.29, 1.82) is 0 Å². The number of nitrogens with one attached hydrogen (secondary N) is 2. The number of carbonyl (C=O) groups is 2. The summed E-state index contributed by atoms with van der Waals surface area (Å²) in [5, 5.41) is 6.13. The van der Waals surface area contributed by atoms with Gasteiger partial charge in [-0.05, 0) is 36.8 Å². The summed E-state index contributed by atoms with van der Waals surface area (Å²) in [5.74, 6) is -0.230. The van der Waals surface area contributed by atoms with Crippen molar-refractivity contribution in [3.05, 3.63) is 58.9 Å². The van der Waals surface area contributed by atoms with Gasteiger partial charge >= 0.3 is 6.03 Å². The molecule has 0 saturated heterocycles. The third-order valence-electron chi connectivity index (χ3n) is 3.34. The molecule has 1 unspecified atom stereocenters. The van der Waals surface area contributed by atoms with Crippen LogP contribution in [0, 0.1) is 0 Å². The fourth-order valence-electron chi connectivity index (χ4n) is 2.08. The van der Waals surface area contributed by atoms with E-state index in [0.717, 1.165) is 5.56 Å². The third-order valence-corrected chi connectivity index (χ3v) is 3.57. The Morgan fingerprint density at radius 3 is 2.62 bits per heavy atom. The van der Waals surface area contributed by atoms with Gasteiger partial charge in [0, 0.05) is 31.0 Å². The van der Waals surface area contributed by atoms with Gasteiger partial charge in [0.2, 0.25) is 0 Å². The molecule has 6 nitrogen and oxygen atoms in total. The minimum Gasteiger partial charge on any atom is -0.343 e. The Hall–Kier alpha value is -2.60. The van der Waals surface area contributed by atoms with E-state index in [9.17, 15) is 9.59 Å². The highest BCUT2D eigenvalue weighted by Crippen LogP contribution is 2.17. The molecule has 2 rings (SSSR count). The van der Waals surface area contributed by atoms with Crippen LogP contribution < -0.4 is 10.6 Å². The van der Waals surface area contributed by atoms with Crippen LogP contribution in [0.1, 0.15) is 29.0 Å². The van der Waals surface area contributed by atoms with Gasteiger partial charge in [-0.2, -0.15) is 0 Å². The molecule has 1 heterocycles. The summed E-state index contributed by atoms with van der Waals surface area (Å²) >= 11 is 5.96. The van der Waals surface area contributed by atoms with Crippen molar-refractivity contribution in [1.82, 2.24) is 15.2 Å². The van der Waals surface area contributed by atoms with E-state index < -0.39 is 0 Å². The van der Waals surface area contributed by atoms with Gasteiger partial charge in [0.15, 0.2) is 0 Å². The normalized spacial score (nSPS) is 11.5. The van der Waals surface area contributed by atoms with E-state index in [1.807, 2.05) is 19.1 Å². The van der Waals surface area contributed by atoms with Crippen molar-refractivity contribution in [3.63, 3.8) is 0 Å². The minimum atomic E-state index is -0.378. The first-order valence-corrected chi connectivity index (χ1v) is 7.75. The van der Waals surface area contributed by atoms with Crippen LogP contribution in [0.15, 0.2) is 42.6 Å². The fourth-order valence-corrected chi connectivity index (χ4v) is 2.28. The van der Waals surface area contributed by atoms with Crippen molar-refractivity contribution < 1.29 is 9.59 Å². The molecule has 1 aromatic heterocycles. The van der Waals surface area contributed by atoms with Crippen molar-refractivity contribution in [3.8, 4) is 0 Å². The number of nitrogens with zero attached hydrogens (tertiary/aromatic N) is 2. The van der Waals surface area contributed by atoms with E-state index in [-0.39, 0.29) is 23.7 Å². The Morgan fingerprint density at radius 1 is 1.21 bits per heavy atom. The van der Waals surface area contributed by atoms with Gasteiger partial charge in [-0.25, -0.2) is 4.79 Å². The lowest BCUT2D eigenvalue weighted by atomic mass is 10.1. The smallest absolute Gasteiger partial charge is 0.319 e. The molecule has 0 bridgehead atoms. The van der Waals surface area contributed by atoms with E-state index >= 15 is 0 Å². The van der Waals surface area contributed by atoms with E-state index in [2.05, 4.69) is 15.6 Å². The van der Waals surface area contributed by atoms with Gasteiger partial charge in [-0.3, -0.25) is 9.78 Å². The SMILES string of the molecule is CC(NC(=O)Nc1ccnc(C(=O)N(C)C)c1)c1cccc(Cl)c1. The van der Waals surface area contributed by atoms with Crippen LogP contribution in [-0.4, -0.2) is 35.9 Å². The number of hydrogen-bond acceptors (Lipinski definition) is 3. The minimum absolute atomic E-state index is 0.214. The lowest BCUT2D eigenvalue weighted by Crippen LogP contribution is -2.31. The lowest BCUT2D eigenvalue weighted by molar-refractivity contribution is 0.0822. The molecule has 24 heavy (non-hydrogen) atoms. The van der Waals surface area contributed by atoms with Gasteiger partial charge in [-0.15, -0.1) is 0 Å². The number of halogens is 1. The number of hydrogen-bond donors (Lipinski definition) is 2. The zero-order valence-electron chi connectivity index (χ0n) is 13.7. The molecular weight excluding hydrogens is 328 g/mol. The molecule has 3 amide bonds. The largest absolute Gasteiger partial charge is 0.343 e. The van der Waals surface area contributed by atoms with Crippen molar-refractivity contribution in [2.75, 3.05) is 19.4 Å². The number of amides is 3. The van der Waals surface area contributed by atoms with E-state index in [1.165, 1.54) is 17.2 Å². The lowest BCUT2D eigenvalue weighted by Gasteiger charge is -2.16. The van der Waals surface area contributed by atoms with Crippen LogP contribution >= 0.6 is 11.6 Å². The highest BCUT2D eigenvalue weighted by Gasteiger charge is 2.13. The number of anilines is 1. The molecule has 0 fully saturated rings. The summed E-state index contributed by atoms with van der Waals surface area (Å²) in [6.07, 6.45) is 1.48. The highest BCUT2D eigenvalue weighted by atomic mass is 35.5. The summed E-state index contributed by atoms with van der Waals surface area (Å²) in [7, 11) is 3.28. The quantitative estimate of drug-likeness (QED) is 0.891. The Labute approximate surface area is 145 Å². The molecule has 2 N–H and O–H groups in total. The maximum Gasteiger partial charge on any atom is 0.319 e. The van der Waals surface area contributed by atoms with Gasteiger partial charge in [-0.1, -0.05) is 23.7 Å². The van der Waals surface area contributed by atoms with Gasteiger partial charge in [0.25, 0.3) is 5.91 Å². The standard InChI is InChI=1S/C17H19ClN4O2/c1-11(12-5-4-6-13(18)9-12)20-17(24)21-14-7-8-19-15(10-14)16(23)22(2)3/h4-11H,1-3H3,(H2,19,20,21,24). The highest BCUT2D eigenvalue weighted by molar-refractivity contribution is 6.30. The van der Waals surface area contributed by atoms with Gasteiger partial charge < -0.3 is 15.5 Å². The van der Waals surface area contributed by atoms with Crippen LogP contribution in [0.3, 0.4) is 0 Å². The third kappa shape index (κ3) is 4.70. The average Bonchev–Trinajstić information content (AvgIpc) is 2.54. The van der Waals surface area contributed by atoms with Crippen LogP contribution in [0.2, 0.25) is 5.02 Å². The molecule has 0 saturated carbocycles. The molecule has 0 aliphatic rings. The Morgan fingerprint density at radius 2 is 1.96 bits per heavy atom. The van der Waals surface area contributed by atoms with Crippen LogP contribution in [0.5, 0.6) is 0 Å². The second-order valence-corrected chi connectivity index (χ2v) is 5.94. The number of pyridine rings is 1. The summed E-state index contributed by atoms with van der Waals surface area (Å²) in [4.78, 5) is 29.5. The topological polar surface area (TPSA) is 74.3 Å². The number of rotatable bonds is 4. The molecule has 7 heteroatoms. The van der Waals surface area contributed by atoms with Gasteiger partial charge in [0.1, 0.15) is 5.69 Å². The van der Waals surface area contributed by atoms with E-state index in [1.54, 1.807) is 32.3 Å². The first-order chi connectivity index (χ1) is 11.4. The monoisotopic (exact) mass is 346 g/mol. The Balaban J connectivity index is 2.02. The Bertz CT molecular complexity index is 749. The maximum absolute atomic E-state index is 12.1. The average molecular weight is 347 g/mol. The zero-order chi connectivity index (χ0) is 17.7. The first kappa shape index (κ1) is 17.7. The predicted molar refractivity (Wildman–Crippen MR) is 94.3 cm³/mol. The number of benzene rings is 1. The van der Waals surface area contributed by atoms with E-state index in [0.29, 0.717) is 10.7 Å². The number of carbonyl (C=O) groups excluding carboxylic acids is 2. The summed E-state index contributed by atoms with van der Waals surface area (Å²) in [6.45, 7) is 1.86. The van der Waals surface area contributed by atoms with Crippen LogP contribution in [-0.2, 0) is 0 Å².